The first-order chi connectivity index (χ1) is 9.49. The fourth-order valence-electron chi connectivity index (χ4n) is 2.68. The van der Waals surface area contributed by atoms with Crippen molar-refractivity contribution in [2.45, 2.75) is 45.2 Å². The largest absolute Gasteiger partial charge is 0.336 e. The molecule has 1 aromatic rings. The number of carbonyl (C=O) groups is 1. The monoisotopic (exact) mass is 294 g/mol. The molecule has 0 aromatic heterocycles. The summed E-state index contributed by atoms with van der Waals surface area (Å²) < 4.78 is 0. The Labute approximate surface area is 126 Å². The lowest BCUT2D eigenvalue weighted by Gasteiger charge is -2.27. The Morgan fingerprint density at radius 2 is 2.25 bits per heavy atom. The summed E-state index contributed by atoms with van der Waals surface area (Å²) in [6.45, 7) is 4.92. The molecular weight excluding hydrogens is 272 g/mol. The standard InChI is InChI=1S/C16H23ClN2O/c1-11(2)14(18)10-16(20)19-8-4-7-15(19)12-5-3-6-13(17)9-12/h3,5-6,9,11,14-15H,4,7-8,10,18H2,1-2H3. The van der Waals surface area contributed by atoms with Crippen LogP contribution < -0.4 is 5.73 Å². The molecule has 0 bridgehead atoms. The molecule has 3 nitrogen and oxygen atoms in total. The Balaban J connectivity index is 2.09. The SMILES string of the molecule is CC(C)C(N)CC(=O)N1CCCC1c1cccc(Cl)c1. The highest BCUT2D eigenvalue weighted by atomic mass is 35.5. The van der Waals surface area contributed by atoms with Gasteiger partial charge < -0.3 is 10.6 Å². The van der Waals surface area contributed by atoms with Gasteiger partial charge in [-0.25, -0.2) is 0 Å². The second-order valence-electron chi connectivity index (χ2n) is 5.91. The van der Waals surface area contributed by atoms with E-state index in [1.807, 2.05) is 29.2 Å². The van der Waals surface area contributed by atoms with Gasteiger partial charge in [0, 0.05) is 24.0 Å². The van der Waals surface area contributed by atoms with E-state index in [1.165, 1.54) is 0 Å². The summed E-state index contributed by atoms with van der Waals surface area (Å²) in [7, 11) is 0. The third-order valence-corrected chi connectivity index (χ3v) is 4.31. The van der Waals surface area contributed by atoms with Crippen LogP contribution in [0, 0.1) is 5.92 Å². The van der Waals surface area contributed by atoms with Crippen LogP contribution in [0.3, 0.4) is 0 Å². The number of halogens is 1. The third kappa shape index (κ3) is 3.53. The smallest absolute Gasteiger partial charge is 0.224 e. The Morgan fingerprint density at radius 3 is 2.90 bits per heavy atom. The van der Waals surface area contributed by atoms with Gasteiger partial charge in [0.15, 0.2) is 0 Å². The summed E-state index contributed by atoms with van der Waals surface area (Å²) in [6.07, 6.45) is 2.47. The van der Waals surface area contributed by atoms with Crippen molar-refractivity contribution < 1.29 is 4.79 Å². The fraction of sp³-hybridized carbons (Fsp3) is 0.562. The number of nitrogens with two attached hydrogens (primary N) is 1. The van der Waals surface area contributed by atoms with Gasteiger partial charge in [-0.3, -0.25) is 4.79 Å². The normalized spacial score (nSPS) is 20.4. The fourth-order valence-corrected chi connectivity index (χ4v) is 2.88. The number of carbonyl (C=O) groups excluding carboxylic acids is 1. The van der Waals surface area contributed by atoms with Crippen LogP contribution in [-0.2, 0) is 4.79 Å². The molecule has 20 heavy (non-hydrogen) atoms. The van der Waals surface area contributed by atoms with E-state index >= 15 is 0 Å². The maximum absolute atomic E-state index is 12.4. The van der Waals surface area contributed by atoms with Gasteiger partial charge in [0.25, 0.3) is 0 Å². The maximum atomic E-state index is 12.4. The molecule has 0 spiro atoms. The zero-order valence-corrected chi connectivity index (χ0v) is 12.9. The first-order valence-corrected chi connectivity index (χ1v) is 7.67. The average Bonchev–Trinajstić information content (AvgIpc) is 2.87. The third-order valence-electron chi connectivity index (χ3n) is 4.07. The van der Waals surface area contributed by atoms with Gasteiger partial charge in [-0.1, -0.05) is 37.6 Å². The molecule has 0 aliphatic carbocycles. The second-order valence-corrected chi connectivity index (χ2v) is 6.35. The molecule has 1 saturated heterocycles. The van der Waals surface area contributed by atoms with E-state index in [4.69, 9.17) is 17.3 Å². The molecule has 1 aromatic carbocycles. The first-order valence-electron chi connectivity index (χ1n) is 7.29. The minimum Gasteiger partial charge on any atom is -0.336 e. The molecule has 1 heterocycles. The highest BCUT2D eigenvalue weighted by molar-refractivity contribution is 6.30. The minimum absolute atomic E-state index is 0.0666. The summed E-state index contributed by atoms with van der Waals surface area (Å²) in [5, 5.41) is 0.723. The molecule has 2 unspecified atom stereocenters. The van der Waals surface area contributed by atoms with Gasteiger partial charge in [0.1, 0.15) is 0 Å². The Bertz CT molecular complexity index is 475. The molecule has 1 amide bonds. The lowest BCUT2D eigenvalue weighted by molar-refractivity contribution is -0.132. The lowest BCUT2D eigenvalue weighted by Crippen LogP contribution is -2.37. The molecule has 2 atom stereocenters. The van der Waals surface area contributed by atoms with Crippen molar-refractivity contribution in [2.75, 3.05) is 6.54 Å². The van der Waals surface area contributed by atoms with Gasteiger partial charge in [0.05, 0.1) is 6.04 Å². The summed E-state index contributed by atoms with van der Waals surface area (Å²) >= 11 is 6.05. The lowest BCUT2D eigenvalue weighted by atomic mass is 10.0. The quantitative estimate of drug-likeness (QED) is 0.925. The number of rotatable bonds is 4. The van der Waals surface area contributed by atoms with Crippen LogP contribution >= 0.6 is 11.6 Å². The summed E-state index contributed by atoms with van der Waals surface area (Å²) in [5.74, 6) is 0.486. The number of benzene rings is 1. The van der Waals surface area contributed by atoms with Crippen molar-refractivity contribution in [1.82, 2.24) is 4.90 Å². The van der Waals surface area contributed by atoms with Gasteiger partial charge in [-0.15, -0.1) is 0 Å². The van der Waals surface area contributed by atoms with Gasteiger partial charge in [0.2, 0.25) is 5.91 Å². The Hall–Kier alpha value is -1.06. The molecule has 1 aliphatic rings. The van der Waals surface area contributed by atoms with Gasteiger partial charge in [-0.2, -0.15) is 0 Å². The van der Waals surface area contributed by atoms with E-state index in [0.29, 0.717) is 12.3 Å². The van der Waals surface area contributed by atoms with E-state index in [2.05, 4.69) is 13.8 Å². The van der Waals surface area contributed by atoms with Crippen molar-refractivity contribution in [2.24, 2.45) is 11.7 Å². The van der Waals surface area contributed by atoms with Crippen LogP contribution in [0.2, 0.25) is 5.02 Å². The predicted molar refractivity (Wildman–Crippen MR) is 82.6 cm³/mol. The zero-order valence-electron chi connectivity index (χ0n) is 12.2. The molecule has 2 N–H and O–H groups in total. The molecule has 1 aliphatic heterocycles. The molecule has 1 fully saturated rings. The molecular formula is C16H23ClN2O. The number of hydrogen-bond acceptors (Lipinski definition) is 2. The van der Waals surface area contributed by atoms with Crippen molar-refractivity contribution in [3.8, 4) is 0 Å². The van der Waals surface area contributed by atoms with E-state index < -0.39 is 0 Å². The molecule has 110 valence electrons. The van der Waals surface area contributed by atoms with Gasteiger partial charge in [-0.05, 0) is 36.5 Å². The number of hydrogen-bond donors (Lipinski definition) is 1. The van der Waals surface area contributed by atoms with Crippen LogP contribution in [0.1, 0.15) is 44.7 Å². The van der Waals surface area contributed by atoms with Crippen LogP contribution in [-0.4, -0.2) is 23.4 Å². The van der Waals surface area contributed by atoms with E-state index in [0.717, 1.165) is 30.0 Å². The highest BCUT2D eigenvalue weighted by Gasteiger charge is 2.30. The molecule has 2 rings (SSSR count). The molecule has 0 saturated carbocycles. The number of likely N-dealkylation sites (tertiary alicyclic amines) is 1. The maximum Gasteiger partial charge on any atom is 0.224 e. The number of amides is 1. The minimum atomic E-state index is -0.0666. The number of nitrogens with zero attached hydrogens (tertiary/aromatic N) is 1. The molecule has 4 heteroatoms. The van der Waals surface area contributed by atoms with Crippen LogP contribution in [0.5, 0.6) is 0 Å². The van der Waals surface area contributed by atoms with Crippen molar-refractivity contribution in [1.29, 1.82) is 0 Å². The summed E-state index contributed by atoms with van der Waals surface area (Å²) in [5.41, 5.74) is 7.15. The van der Waals surface area contributed by atoms with Crippen molar-refractivity contribution >= 4 is 17.5 Å². The predicted octanol–water partition coefficient (Wildman–Crippen LogP) is 3.38. The average molecular weight is 295 g/mol. The summed E-state index contributed by atoms with van der Waals surface area (Å²) in [4.78, 5) is 14.4. The van der Waals surface area contributed by atoms with Crippen molar-refractivity contribution in [3.05, 3.63) is 34.9 Å². The van der Waals surface area contributed by atoms with E-state index in [9.17, 15) is 4.79 Å². The molecule has 0 radical (unpaired) electrons. The topological polar surface area (TPSA) is 46.3 Å². The van der Waals surface area contributed by atoms with E-state index in [1.54, 1.807) is 0 Å². The second kappa shape index (κ2) is 6.59. The highest BCUT2D eigenvalue weighted by Crippen LogP contribution is 2.33. The Kier molecular flexibility index (Phi) is 5.06. The van der Waals surface area contributed by atoms with Crippen LogP contribution in [0.25, 0.3) is 0 Å². The summed E-state index contributed by atoms with van der Waals surface area (Å²) in [6, 6.07) is 7.90. The van der Waals surface area contributed by atoms with Crippen LogP contribution in [0.15, 0.2) is 24.3 Å². The zero-order chi connectivity index (χ0) is 14.7. The Morgan fingerprint density at radius 1 is 1.50 bits per heavy atom. The van der Waals surface area contributed by atoms with Crippen LogP contribution in [0.4, 0.5) is 0 Å². The van der Waals surface area contributed by atoms with Crippen molar-refractivity contribution in [3.63, 3.8) is 0 Å². The van der Waals surface area contributed by atoms with E-state index in [-0.39, 0.29) is 18.0 Å². The van der Waals surface area contributed by atoms with Gasteiger partial charge >= 0.3 is 0 Å². The first kappa shape index (κ1) is 15.3.